The Hall–Kier alpha value is -0.830. The molecule has 3 unspecified atom stereocenters. The number of fused-ring (bicyclic) bond motifs is 2. The highest BCUT2D eigenvalue weighted by Crippen LogP contribution is 2.47. The van der Waals surface area contributed by atoms with Crippen molar-refractivity contribution in [3.8, 4) is 0 Å². The Bertz CT molecular complexity index is 288. The Balaban J connectivity index is 1.56. The summed E-state index contributed by atoms with van der Waals surface area (Å²) in [5, 5.41) is 3.42. The van der Waals surface area contributed by atoms with E-state index >= 15 is 0 Å². The van der Waals surface area contributed by atoms with E-state index in [0.717, 1.165) is 30.8 Å². The highest BCUT2D eigenvalue weighted by Gasteiger charge is 2.38. The molecule has 0 aromatic heterocycles. The lowest BCUT2D eigenvalue weighted by molar-refractivity contribution is -0.137. The fraction of sp³-hybridized carbons (Fsp3) is 0.786. The molecule has 0 saturated heterocycles. The minimum Gasteiger partial charge on any atom is -0.463 e. The van der Waals surface area contributed by atoms with E-state index in [1.807, 2.05) is 13.0 Å². The third-order valence-electron chi connectivity index (χ3n) is 4.09. The highest BCUT2D eigenvalue weighted by molar-refractivity contribution is 5.81. The average Bonchev–Trinajstić information content (AvgIpc) is 2.91. The van der Waals surface area contributed by atoms with Gasteiger partial charge in [0.2, 0.25) is 0 Å². The number of carbonyl (C=O) groups is 1. The monoisotopic (exact) mass is 237 g/mol. The Morgan fingerprint density at radius 2 is 2.29 bits per heavy atom. The van der Waals surface area contributed by atoms with Crippen LogP contribution in [0.25, 0.3) is 0 Å². The molecule has 0 aromatic rings. The van der Waals surface area contributed by atoms with Gasteiger partial charge in [-0.25, -0.2) is 4.79 Å². The van der Waals surface area contributed by atoms with Crippen LogP contribution in [0.4, 0.5) is 0 Å². The normalized spacial score (nSPS) is 31.2. The van der Waals surface area contributed by atoms with E-state index < -0.39 is 0 Å². The largest absolute Gasteiger partial charge is 0.463 e. The second-order valence-electron chi connectivity index (χ2n) is 5.25. The van der Waals surface area contributed by atoms with Gasteiger partial charge in [-0.2, -0.15) is 0 Å². The van der Waals surface area contributed by atoms with E-state index in [-0.39, 0.29) is 5.97 Å². The lowest BCUT2D eigenvalue weighted by atomic mass is 9.89. The molecule has 3 atom stereocenters. The SMILES string of the molecule is CCOC(=O)/C=C/CNCC1CC2CCC1C2. The van der Waals surface area contributed by atoms with Gasteiger partial charge in [-0.05, 0) is 50.5 Å². The predicted octanol–water partition coefficient (Wildman–Crippen LogP) is 2.13. The second kappa shape index (κ2) is 6.20. The summed E-state index contributed by atoms with van der Waals surface area (Å²) >= 11 is 0. The average molecular weight is 237 g/mol. The van der Waals surface area contributed by atoms with Gasteiger partial charge in [0, 0.05) is 12.6 Å². The molecule has 2 saturated carbocycles. The smallest absolute Gasteiger partial charge is 0.330 e. The van der Waals surface area contributed by atoms with Crippen molar-refractivity contribution in [2.24, 2.45) is 17.8 Å². The first-order chi connectivity index (χ1) is 8.29. The van der Waals surface area contributed by atoms with E-state index in [9.17, 15) is 4.79 Å². The fourth-order valence-electron chi connectivity index (χ4n) is 3.32. The molecule has 2 rings (SSSR count). The van der Waals surface area contributed by atoms with Gasteiger partial charge in [-0.3, -0.25) is 0 Å². The van der Waals surface area contributed by atoms with Gasteiger partial charge in [0.1, 0.15) is 0 Å². The van der Waals surface area contributed by atoms with Gasteiger partial charge in [-0.1, -0.05) is 12.5 Å². The van der Waals surface area contributed by atoms with Crippen LogP contribution < -0.4 is 5.32 Å². The Morgan fingerprint density at radius 1 is 1.41 bits per heavy atom. The summed E-state index contributed by atoms with van der Waals surface area (Å²) in [6, 6.07) is 0. The molecule has 96 valence electrons. The Labute approximate surface area is 104 Å². The number of esters is 1. The first kappa shape index (κ1) is 12.6. The van der Waals surface area contributed by atoms with Crippen molar-refractivity contribution in [2.75, 3.05) is 19.7 Å². The third-order valence-corrected chi connectivity index (χ3v) is 4.09. The Kier molecular flexibility index (Phi) is 4.60. The van der Waals surface area contributed by atoms with Crippen molar-refractivity contribution in [3.63, 3.8) is 0 Å². The first-order valence-electron chi connectivity index (χ1n) is 6.83. The van der Waals surface area contributed by atoms with Gasteiger partial charge in [0.25, 0.3) is 0 Å². The lowest BCUT2D eigenvalue weighted by Crippen LogP contribution is -2.26. The zero-order chi connectivity index (χ0) is 12.1. The molecule has 1 N–H and O–H groups in total. The number of ether oxygens (including phenoxy) is 1. The molecule has 2 aliphatic rings. The maximum absolute atomic E-state index is 11.0. The van der Waals surface area contributed by atoms with Gasteiger partial charge < -0.3 is 10.1 Å². The highest BCUT2D eigenvalue weighted by atomic mass is 16.5. The van der Waals surface area contributed by atoms with Crippen molar-refractivity contribution in [3.05, 3.63) is 12.2 Å². The molecule has 2 aliphatic carbocycles. The fourth-order valence-corrected chi connectivity index (χ4v) is 3.32. The molecule has 2 fully saturated rings. The van der Waals surface area contributed by atoms with Crippen LogP contribution in [0.15, 0.2) is 12.2 Å². The quantitative estimate of drug-likeness (QED) is 0.437. The minimum atomic E-state index is -0.241. The third kappa shape index (κ3) is 3.56. The lowest BCUT2D eigenvalue weighted by Gasteiger charge is -2.21. The summed E-state index contributed by atoms with van der Waals surface area (Å²) < 4.78 is 4.81. The van der Waals surface area contributed by atoms with Gasteiger partial charge in [-0.15, -0.1) is 0 Å². The van der Waals surface area contributed by atoms with Crippen LogP contribution in [-0.2, 0) is 9.53 Å². The molecule has 3 heteroatoms. The van der Waals surface area contributed by atoms with Crippen molar-refractivity contribution < 1.29 is 9.53 Å². The summed E-state index contributed by atoms with van der Waals surface area (Å²) in [4.78, 5) is 11.0. The van der Waals surface area contributed by atoms with Crippen LogP contribution in [0.2, 0.25) is 0 Å². The summed E-state index contributed by atoms with van der Waals surface area (Å²) in [6.07, 6.45) is 9.15. The molecular weight excluding hydrogens is 214 g/mol. The molecule has 0 heterocycles. The topological polar surface area (TPSA) is 38.3 Å². The molecule has 17 heavy (non-hydrogen) atoms. The summed E-state index contributed by atoms with van der Waals surface area (Å²) in [5.74, 6) is 2.63. The second-order valence-corrected chi connectivity index (χ2v) is 5.25. The number of rotatable bonds is 6. The molecule has 0 aromatic carbocycles. The van der Waals surface area contributed by atoms with Crippen LogP contribution in [0.5, 0.6) is 0 Å². The first-order valence-corrected chi connectivity index (χ1v) is 6.83. The van der Waals surface area contributed by atoms with E-state index in [4.69, 9.17) is 4.74 Å². The van der Waals surface area contributed by atoms with E-state index in [2.05, 4.69) is 5.32 Å². The summed E-state index contributed by atoms with van der Waals surface area (Å²) in [6.45, 7) is 4.14. The molecule has 0 spiro atoms. The van der Waals surface area contributed by atoms with Crippen LogP contribution in [0, 0.1) is 17.8 Å². The summed E-state index contributed by atoms with van der Waals surface area (Å²) in [5.41, 5.74) is 0. The van der Waals surface area contributed by atoms with Crippen LogP contribution in [0.1, 0.15) is 32.6 Å². The number of carbonyl (C=O) groups excluding carboxylic acids is 1. The molecule has 0 amide bonds. The predicted molar refractivity (Wildman–Crippen MR) is 67.6 cm³/mol. The van der Waals surface area contributed by atoms with Gasteiger partial charge in [0.05, 0.1) is 6.61 Å². The van der Waals surface area contributed by atoms with Crippen LogP contribution in [-0.4, -0.2) is 25.7 Å². The van der Waals surface area contributed by atoms with Crippen LogP contribution >= 0.6 is 0 Å². The Morgan fingerprint density at radius 3 is 2.94 bits per heavy atom. The van der Waals surface area contributed by atoms with Crippen molar-refractivity contribution in [2.45, 2.75) is 32.6 Å². The number of nitrogens with one attached hydrogen (secondary N) is 1. The number of hydrogen-bond acceptors (Lipinski definition) is 3. The summed E-state index contributed by atoms with van der Waals surface area (Å²) in [7, 11) is 0. The molecule has 0 aliphatic heterocycles. The number of hydrogen-bond donors (Lipinski definition) is 1. The molecule has 3 nitrogen and oxygen atoms in total. The van der Waals surface area contributed by atoms with Crippen molar-refractivity contribution in [1.82, 2.24) is 5.32 Å². The van der Waals surface area contributed by atoms with Gasteiger partial charge >= 0.3 is 5.97 Å². The van der Waals surface area contributed by atoms with E-state index in [0.29, 0.717) is 6.61 Å². The zero-order valence-corrected chi connectivity index (χ0v) is 10.7. The van der Waals surface area contributed by atoms with Gasteiger partial charge in [0.15, 0.2) is 0 Å². The standard InChI is InChI=1S/C14H23NO2/c1-2-17-14(16)4-3-7-15-10-13-9-11-5-6-12(13)8-11/h3-4,11-13,15H,2,5-10H2,1H3/b4-3+. The van der Waals surface area contributed by atoms with E-state index in [1.165, 1.54) is 31.8 Å². The van der Waals surface area contributed by atoms with Crippen molar-refractivity contribution >= 4 is 5.97 Å². The zero-order valence-electron chi connectivity index (χ0n) is 10.7. The maximum atomic E-state index is 11.0. The molecule has 2 bridgehead atoms. The molecule has 0 radical (unpaired) electrons. The minimum absolute atomic E-state index is 0.241. The molecular formula is C14H23NO2. The van der Waals surface area contributed by atoms with Crippen LogP contribution in [0.3, 0.4) is 0 Å². The van der Waals surface area contributed by atoms with Crippen molar-refractivity contribution in [1.29, 1.82) is 0 Å². The van der Waals surface area contributed by atoms with E-state index in [1.54, 1.807) is 0 Å². The maximum Gasteiger partial charge on any atom is 0.330 e.